The van der Waals surface area contributed by atoms with Crippen LogP contribution in [0.3, 0.4) is 0 Å². The topological polar surface area (TPSA) is 51.2 Å². The van der Waals surface area contributed by atoms with Crippen molar-refractivity contribution in [2.24, 2.45) is 0 Å². The number of rotatable bonds is 6. The summed E-state index contributed by atoms with van der Waals surface area (Å²) in [5, 5.41) is 3.30. The average Bonchev–Trinajstić information content (AvgIpc) is 2.49. The van der Waals surface area contributed by atoms with Gasteiger partial charge in [0.2, 0.25) is 0 Å². The number of ether oxygens (including phenoxy) is 1. The normalized spacial score (nSPS) is 10.1. The van der Waals surface area contributed by atoms with Crippen LogP contribution in [-0.2, 0) is 0 Å². The smallest absolute Gasteiger partial charge is 0.343 e. The molecule has 0 aliphatic heterocycles. The number of carbonyl (C=O) groups excluding carboxylic acids is 1. The predicted molar refractivity (Wildman–Crippen MR) is 79.0 cm³/mol. The first-order valence-electron chi connectivity index (χ1n) is 6.75. The van der Waals surface area contributed by atoms with Gasteiger partial charge in [-0.3, -0.25) is 4.98 Å². The Morgan fingerprint density at radius 2 is 2.05 bits per heavy atom. The number of hydrogen-bond acceptors (Lipinski definition) is 4. The number of pyridine rings is 1. The van der Waals surface area contributed by atoms with E-state index in [1.165, 1.54) is 0 Å². The zero-order valence-corrected chi connectivity index (χ0v) is 11.5. The minimum atomic E-state index is -0.377. The van der Waals surface area contributed by atoms with Crippen molar-refractivity contribution in [3.05, 3.63) is 54.4 Å². The van der Waals surface area contributed by atoms with Gasteiger partial charge < -0.3 is 10.1 Å². The molecule has 0 spiro atoms. The molecule has 0 bridgehead atoms. The molecule has 0 amide bonds. The van der Waals surface area contributed by atoms with E-state index in [4.69, 9.17) is 4.74 Å². The molecule has 0 aliphatic rings. The highest BCUT2D eigenvalue weighted by Gasteiger charge is 2.08. The molecule has 104 valence electrons. The fourth-order valence-corrected chi connectivity index (χ4v) is 1.73. The summed E-state index contributed by atoms with van der Waals surface area (Å²) < 4.78 is 5.34. The fourth-order valence-electron chi connectivity index (χ4n) is 1.73. The number of anilines is 1. The summed E-state index contributed by atoms with van der Waals surface area (Å²) in [6.07, 6.45) is 5.39. The van der Waals surface area contributed by atoms with E-state index < -0.39 is 0 Å². The van der Waals surface area contributed by atoms with Crippen molar-refractivity contribution in [1.82, 2.24) is 4.98 Å². The van der Waals surface area contributed by atoms with Crippen LogP contribution in [0.25, 0.3) is 0 Å². The Bertz CT molecular complexity index is 555. The van der Waals surface area contributed by atoms with Crippen molar-refractivity contribution in [1.29, 1.82) is 0 Å². The van der Waals surface area contributed by atoms with Gasteiger partial charge in [0, 0.05) is 30.7 Å². The average molecular weight is 270 g/mol. The van der Waals surface area contributed by atoms with Crippen molar-refractivity contribution < 1.29 is 9.53 Å². The maximum absolute atomic E-state index is 11.9. The maximum atomic E-state index is 11.9. The summed E-state index contributed by atoms with van der Waals surface area (Å²) >= 11 is 0. The monoisotopic (exact) mass is 270 g/mol. The van der Waals surface area contributed by atoms with Crippen molar-refractivity contribution in [2.45, 2.75) is 19.8 Å². The molecule has 1 aromatic carbocycles. The van der Waals surface area contributed by atoms with Crippen molar-refractivity contribution in [2.75, 3.05) is 11.9 Å². The van der Waals surface area contributed by atoms with Gasteiger partial charge in [-0.25, -0.2) is 4.79 Å². The summed E-state index contributed by atoms with van der Waals surface area (Å²) in [7, 11) is 0. The van der Waals surface area contributed by atoms with Crippen LogP contribution in [0.4, 0.5) is 5.69 Å². The van der Waals surface area contributed by atoms with E-state index in [2.05, 4.69) is 17.2 Å². The Morgan fingerprint density at radius 3 is 2.80 bits per heavy atom. The van der Waals surface area contributed by atoms with Crippen LogP contribution >= 0.6 is 0 Å². The third kappa shape index (κ3) is 4.09. The SMILES string of the molecule is CCCCNc1cccc(OC(=O)c2ccncc2)c1. The Balaban J connectivity index is 1.99. The molecule has 0 radical (unpaired) electrons. The van der Waals surface area contributed by atoms with Gasteiger partial charge in [-0.15, -0.1) is 0 Å². The summed E-state index contributed by atoms with van der Waals surface area (Å²) in [5.41, 5.74) is 1.45. The van der Waals surface area contributed by atoms with E-state index in [-0.39, 0.29) is 5.97 Å². The van der Waals surface area contributed by atoms with Crippen molar-refractivity contribution in [3.8, 4) is 5.75 Å². The van der Waals surface area contributed by atoms with Gasteiger partial charge in [-0.05, 0) is 30.7 Å². The molecule has 0 saturated heterocycles. The molecule has 2 rings (SSSR count). The van der Waals surface area contributed by atoms with Crippen LogP contribution in [0.2, 0.25) is 0 Å². The zero-order valence-electron chi connectivity index (χ0n) is 11.5. The molecule has 2 aromatic rings. The Labute approximate surface area is 118 Å². The number of benzene rings is 1. The third-order valence-corrected chi connectivity index (χ3v) is 2.82. The van der Waals surface area contributed by atoms with Crippen molar-refractivity contribution in [3.63, 3.8) is 0 Å². The number of aromatic nitrogens is 1. The Kier molecular flexibility index (Phi) is 5.12. The van der Waals surface area contributed by atoms with Gasteiger partial charge in [0.05, 0.1) is 5.56 Å². The molecule has 4 heteroatoms. The summed E-state index contributed by atoms with van der Waals surface area (Å²) in [6, 6.07) is 10.7. The lowest BCUT2D eigenvalue weighted by Gasteiger charge is -2.08. The van der Waals surface area contributed by atoms with Crippen LogP contribution in [-0.4, -0.2) is 17.5 Å². The Morgan fingerprint density at radius 1 is 1.25 bits per heavy atom. The number of hydrogen-bond donors (Lipinski definition) is 1. The number of carbonyl (C=O) groups is 1. The van der Waals surface area contributed by atoms with Gasteiger partial charge in [-0.1, -0.05) is 19.4 Å². The van der Waals surface area contributed by atoms with Crippen LogP contribution in [0.5, 0.6) is 5.75 Å². The minimum absolute atomic E-state index is 0.377. The highest BCUT2D eigenvalue weighted by Crippen LogP contribution is 2.18. The highest BCUT2D eigenvalue weighted by molar-refractivity contribution is 5.90. The van der Waals surface area contributed by atoms with E-state index >= 15 is 0 Å². The van der Waals surface area contributed by atoms with Crippen LogP contribution in [0.15, 0.2) is 48.8 Å². The van der Waals surface area contributed by atoms with Gasteiger partial charge in [0.1, 0.15) is 5.75 Å². The first-order valence-corrected chi connectivity index (χ1v) is 6.75. The molecule has 1 heterocycles. The number of nitrogens with one attached hydrogen (secondary N) is 1. The molecular formula is C16H18N2O2. The summed E-state index contributed by atoms with van der Waals surface area (Å²) in [5.74, 6) is 0.159. The van der Waals surface area contributed by atoms with Crippen molar-refractivity contribution >= 4 is 11.7 Å². The standard InChI is InChI=1S/C16H18N2O2/c1-2-3-9-18-14-5-4-6-15(12-14)20-16(19)13-7-10-17-11-8-13/h4-8,10-12,18H,2-3,9H2,1H3. The number of nitrogens with zero attached hydrogens (tertiary/aromatic N) is 1. The van der Waals surface area contributed by atoms with Gasteiger partial charge in [-0.2, -0.15) is 0 Å². The number of esters is 1. The fraction of sp³-hybridized carbons (Fsp3) is 0.250. The zero-order chi connectivity index (χ0) is 14.2. The first-order chi connectivity index (χ1) is 9.79. The van der Waals surface area contributed by atoms with Gasteiger partial charge >= 0.3 is 5.97 Å². The molecular weight excluding hydrogens is 252 g/mol. The number of unbranched alkanes of at least 4 members (excludes halogenated alkanes) is 1. The van der Waals surface area contributed by atoms with E-state index in [1.807, 2.05) is 18.2 Å². The predicted octanol–water partition coefficient (Wildman–Crippen LogP) is 3.51. The lowest BCUT2D eigenvalue weighted by molar-refractivity contribution is 0.0735. The van der Waals surface area contributed by atoms with Crippen LogP contribution < -0.4 is 10.1 Å². The van der Waals surface area contributed by atoms with Gasteiger partial charge in [0.15, 0.2) is 0 Å². The second-order valence-corrected chi connectivity index (χ2v) is 4.43. The van der Waals surface area contributed by atoms with Crippen LogP contribution in [0, 0.1) is 0 Å². The molecule has 4 nitrogen and oxygen atoms in total. The van der Waals surface area contributed by atoms with E-state index in [0.29, 0.717) is 11.3 Å². The summed E-state index contributed by atoms with van der Waals surface area (Å²) in [4.78, 5) is 15.8. The second-order valence-electron chi connectivity index (χ2n) is 4.43. The largest absolute Gasteiger partial charge is 0.423 e. The van der Waals surface area contributed by atoms with Gasteiger partial charge in [0.25, 0.3) is 0 Å². The van der Waals surface area contributed by atoms with E-state index in [9.17, 15) is 4.79 Å². The second kappa shape index (κ2) is 7.28. The molecule has 0 unspecified atom stereocenters. The molecule has 1 aromatic heterocycles. The molecule has 0 saturated carbocycles. The molecule has 1 N–H and O–H groups in total. The first kappa shape index (κ1) is 14.1. The molecule has 0 aliphatic carbocycles. The molecule has 0 fully saturated rings. The van der Waals surface area contributed by atoms with Crippen LogP contribution in [0.1, 0.15) is 30.1 Å². The van der Waals surface area contributed by atoms with E-state index in [0.717, 1.165) is 25.1 Å². The van der Waals surface area contributed by atoms with E-state index in [1.54, 1.807) is 30.6 Å². The Hall–Kier alpha value is -2.36. The molecule has 20 heavy (non-hydrogen) atoms. The maximum Gasteiger partial charge on any atom is 0.343 e. The highest BCUT2D eigenvalue weighted by atomic mass is 16.5. The minimum Gasteiger partial charge on any atom is -0.423 e. The lowest BCUT2D eigenvalue weighted by Crippen LogP contribution is -2.08. The summed E-state index contributed by atoms with van der Waals surface area (Å²) in [6.45, 7) is 3.06. The lowest BCUT2D eigenvalue weighted by atomic mass is 10.2. The quantitative estimate of drug-likeness (QED) is 0.496. The third-order valence-electron chi connectivity index (χ3n) is 2.82. The molecule has 0 atom stereocenters.